The van der Waals surface area contributed by atoms with Crippen LogP contribution in [0.5, 0.6) is 5.75 Å². The van der Waals surface area contributed by atoms with E-state index in [1.54, 1.807) is 0 Å². The van der Waals surface area contributed by atoms with Crippen molar-refractivity contribution in [1.82, 2.24) is 5.32 Å². The molecular formula is C17H28BrNO2. The van der Waals surface area contributed by atoms with Gasteiger partial charge in [0, 0.05) is 29.8 Å². The molecule has 0 heterocycles. The Balaban J connectivity index is 2.28. The molecule has 0 fully saturated rings. The summed E-state index contributed by atoms with van der Waals surface area (Å²) >= 11 is 3.52. The largest absolute Gasteiger partial charge is 0.493 e. The van der Waals surface area contributed by atoms with Crippen molar-refractivity contribution < 1.29 is 9.47 Å². The van der Waals surface area contributed by atoms with Crippen LogP contribution in [0.25, 0.3) is 0 Å². The summed E-state index contributed by atoms with van der Waals surface area (Å²) in [6.45, 7) is 10.7. The monoisotopic (exact) mass is 357 g/mol. The summed E-state index contributed by atoms with van der Waals surface area (Å²) in [5.74, 6) is 1.58. The van der Waals surface area contributed by atoms with Crippen LogP contribution in [0.4, 0.5) is 0 Å². The summed E-state index contributed by atoms with van der Waals surface area (Å²) in [5.41, 5.74) is 1.20. The highest BCUT2D eigenvalue weighted by molar-refractivity contribution is 9.10. The Labute approximate surface area is 137 Å². The van der Waals surface area contributed by atoms with Crippen LogP contribution in [0.15, 0.2) is 22.7 Å². The normalized spacial score (nSPS) is 11.1. The van der Waals surface area contributed by atoms with E-state index in [2.05, 4.69) is 48.1 Å². The molecular weight excluding hydrogens is 330 g/mol. The number of rotatable bonds is 11. The molecule has 1 aromatic carbocycles. The summed E-state index contributed by atoms with van der Waals surface area (Å²) in [5, 5.41) is 3.45. The Morgan fingerprint density at radius 1 is 1.24 bits per heavy atom. The second-order valence-electron chi connectivity index (χ2n) is 5.60. The van der Waals surface area contributed by atoms with Crippen molar-refractivity contribution in [1.29, 1.82) is 0 Å². The van der Waals surface area contributed by atoms with Gasteiger partial charge < -0.3 is 14.8 Å². The Hall–Kier alpha value is -0.580. The van der Waals surface area contributed by atoms with E-state index < -0.39 is 0 Å². The number of benzene rings is 1. The van der Waals surface area contributed by atoms with E-state index in [0.29, 0.717) is 5.92 Å². The van der Waals surface area contributed by atoms with Gasteiger partial charge in [0.1, 0.15) is 5.75 Å². The molecule has 21 heavy (non-hydrogen) atoms. The van der Waals surface area contributed by atoms with Crippen molar-refractivity contribution in [3.63, 3.8) is 0 Å². The second-order valence-corrected chi connectivity index (χ2v) is 6.52. The zero-order valence-electron chi connectivity index (χ0n) is 13.5. The van der Waals surface area contributed by atoms with E-state index in [4.69, 9.17) is 9.47 Å². The molecule has 0 aliphatic rings. The first-order valence-corrected chi connectivity index (χ1v) is 8.62. The highest BCUT2D eigenvalue weighted by atomic mass is 79.9. The summed E-state index contributed by atoms with van der Waals surface area (Å²) in [7, 11) is 0. The van der Waals surface area contributed by atoms with Gasteiger partial charge in [-0.2, -0.15) is 0 Å². The maximum absolute atomic E-state index is 5.78. The van der Waals surface area contributed by atoms with Gasteiger partial charge in [0.15, 0.2) is 0 Å². The van der Waals surface area contributed by atoms with Crippen molar-refractivity contribution >= 4 is 15.9 Å². The molecule has 0 spiro atoms. The van der Waals surface area contributed by atoms with Gasteiger partial charge in [-0.25, -0.2) is 0 Å². The number of nitrogens with one attached hydrogen (secondary N) is 1. The molecule has 120 valence electrons. The molecule has 0 saturated heterocycles. The Morgan fingerprint density at radius 3 is 2.76 bits per heavy atom. The van der Waals surface area contributed by atoms with E-state index in [0.717, 1.165) is 56.0 Å². The molecule has 1 rings (SSSR count). The number of hydrogen-bond donors (Lipinski definition) is 1. The molecule has 0 aliphatic heterocycles. The average molecular weight is 358 g/mol. The fraction of sp³-hybridized carbons (Fsp3) is 0.647. The highest BCUT2D eigenvalue weighted by Crippen LogP contribution is 2.23. The highest BCUT2D eigenvalue weighted by Gasteiger charge is 2.04. The van der Waals surface area contributed by atoms with Crippen molar-refractivity contribution in [3.05, 3.63) is 28.2 Å². The van der Waals surface area contributed by atoms with Gasteiger partial charge in [0.05, 0.1) is 6.61 Å². The van der Waals surface area contributed by atoms with E-state index >= 15 is 0 Å². The third-order valence-electron chi connectivity index (χ3n) is 2.89. The zero-order chi connectivity index (χ0) is 15.5. The lowest BCUT2D eigenvalue weighted by atomic mass is 10.2. The fourth-order valence-electron chi connectivity index (χ4n) is 1.88. The van der Waals surface area contributed by atoms with Gasteiger partial charge in [-0.1, -0.05) is 36.7 Å². The minimum absolute atomic E-state index is 0.609. The number of hydrogen-bond acceptors (Lipinski definition) is 3. The average Bonchev–Trinajstić information content (AvgIpc) is 2.45. The lowest BCUT2D eigenvalue weighted by Gasteiger charge is -2.12. The van der Waals surface area contributed by atoms with Crippen molar-refractivity contribution in [2.45, 2.75) is 40.2 Å². The van der Waals surface area contributed by atoms with Crippen LogP contribution in [-0.2, 0) is 11.3 Å². The standard InChI is InChI=1S/C17H28BrNO2/c1-4-9-21-17-7-6-16(18)11-15(17)12-19-8-5-10-20-13-14(2)3/h6-7,11,14,19H,4-5,8-10,12-13H2,1-3H3. The van der Waals surface area contributed by atoms with Gasteiger partial charge in [-0.15, -0.1) is 0 Å². The first-order valence-electron chi connectivity index (χ1n) is 7.83. The summed E-state index contributed by atoms with van der Waals surface area (Å²) in [6, 6.07) is 6.17. The van der Waals surface area contributed by atoms with E-state index in [-0.39, 0.29) is 0 Å². The Morgan fingerprint density at radius 2 is 2.05 bits per heavy atom. The summed E-state index contributed by atoms with van der Waals surface area (Å²) in [6.07, 6.45) is 2.06. The molecule has 0 radical (unpaired) electrons. The van der Waals surface area contributed by atoms with Crippen LogP contribution in [0, 0.1) is 5.92 Å². The smallest absolute Gasteiger partial charge is 0.123 e. The van der Waals surface area contributed by atoms with Crippen LogP contribution < -0.4 is 10.1 Å². The van der Waals surface area contributed by atoms with E-state index in [1.807, 2.05) is 12.1 Å². The quantitative estimate of drug-likeness (QED) is 0.595. The lowest BCUT2D eigenvalue weighted by Crippen LogP contribution is -2.17. The predicted molar refractivity (Wildman–Crippen MR) is 91.9 cm³/mol. The minimum atomic E-state index is 0.609. The first-order chi connectivity index (χ1) is 10.1. The molecule has 4 heteroatoms. The third-order valence-corrected chi connectivity index (χ3v) is 3.39. The van der Waals surface area contributed by atoms with Gasteiger partial charge in [-0.3, -0.25) is 0 Å². The van der Waals surface area contributed by atoms with Crippen molar-refractivity contribution in [2.75, 3.05) is 26.4 Å². The molecule has 0 bridgehead atoms. The van der Waals surface area contributed by atoms with Crippen LogP contribution in [0.2, 0.25) is 0 Å². The molecule has 0 saturated carbocycles. The van der Waals surface area contributed by atoms with E-state index in [1.165, 1.54) is 5.56 Å². The van der Waals surface area contributed by atoms with Crippen LogP contribution in [0.1, 0.15) is 39.2 Å². The Kier molecular flexibility index (Phi) is 9.72. The van der Waals surface area contributed by atoms with Gasteiger partial charge in [0.25, 0.3) is 0 Å². The summed E-state index contributed by atoms with van der Waals surface area (Å²) in [4.78, 5) is 0. The van der Waals surface area contributed by atoms with Crippen molar-refractivity contribution in [3.8, 4) is 5.75 Å². The maximum atomic E-state index is 5.78. The predicted octanol–water partition coefficient (Wildman–Crippen LogP) is 4.39. The molecule has 1 aromatic rings. The second kappa shape index (κ2) is 11.0. The van der Waals surface area contributed by atoms with Gasteiger partial charge in [-0.05, 0) is 43.5 Å². The lowest BCUT2D eigenvalue weighted by molar-refractivity contribution is 0.108. The molecule has 0 aliphatic carbocycles. The number of ether oxygens (including phenoxy) is 2. The third kappa shape index (κ3) is 8.44. The maximum Gasteiger partial charge on any atom is 0.123 e. The van der Waals surface area contributed by atoms with Crippen molar-refractivity contribution in [2.24, 2.45) is 5.92 Å². The fourth-order valence-corrected chi connectivity index (χ4v) is 2.29. The molecule has 0 atom stereocenters. The summed E-state index contributed by atoms with van der Waals surface area (Å²) < 4.78 is 12.4. The van der Waals surface area contributed by atoms with Gasteiger partial charge >= 0.3 is 0 Å². The number of halogens is 1. The minimum Gasteiger partial charge on any atom is -0.493 e. The van der Waals surface area contributed by atoms with Crippen LogP contribution >= 0.6 is 15.9 Å². The first kappa shape index (κ1) is 18.5. The SMILES string of the molecule is CCCOc1ccc(Br)cc1CNCCCOCC(C)C. The Bertz CT molecular complexity index is 396. The molecule has 0 unspecified atom stereocenters. The van der Waals surface area contributed by atoms with E-state index in [9.17, 15) is 0 Å². The molecule has 3 nitrogen and oxygen atoms in total. The van der Waals surface area contributed by atoms with Crippen LogP contribution in [0.3, 0.4) is 0 Å². The van der Waals surface area contributed by atoms with Gasteiger partial charge in [0.2, 0.25) is 0 Å². The van der Waals surface area contributed by atoms with Crippen LogP contribution in [-0.4, -0.2) is 26.4 Å². The molecule has 0 aromatic heterocycles. The topological polar surface area (TPSA) is 30.5 Å². The zero-order valence-corrected chi connectivity index (χ0v) is 15.0. The molecule has 0 amide bonds. The molecule has 1 N–H and O–H groups in total.